The van der Waals surface area contributed by atoms with Crippen molar-refractivity contribution in [3.05, 3.63) is 23.2 Å². The van der Waals surface area contributed by atoms with Gasteiger partial charge in [-0.3, -0.25) is 5.32 Å². The summed E-state index contributed by atoms with van der Waals surface area (Å²) in [5, 5.41) is 16.5. The predicted molar refractivity (Wildman–Crippen MR) is 74.5 cm³/mol. The molecule has 1 aromatic carbocycles. The van der Waals surface area contributed by atoms with E-state index < -0.39 is 11.7 Å². The number of rotatable bonds is 2. The largest absolute Gasteiger partial charge is 0.444 e. The zero-order valence-corrected chi connectivity index (χ0v) is 12.0. The molecule has 0 fully saturated rings. The van der Waals surface area contributed by atoms with E-state index in [1.54, 1.807) is 39.0 Å². The fourth-order valence-electron chi connectivity index (χ4n) is 1.46. The first-order chi connectivity index (χ1) is 9.35. The molecule has 1 aromatic heterocycles. The molecule has 20 heavy (non-hydrogen) atoms. The molecular weight excluding hydrogens is 282 g/mol. The van der Waals surface area contributed by atoms with Crippen LogP contribution in [0, 0.1) is 0 Å². The third-order valence-corrected chi connectivity index (χ3v) is 2.54. The molecule has 0 saturated carbocycles. The highest BCUT2D eigenvalue weighted by molar-refractivity contribution is 6.33. The lowest BCUT2D eigenvalue weighted by atomic mass is 10.2. The molecule has 0 unspecified atom stereocenters. The number of nitrogens with one attached hydrogen (secondary N) is 2. The molecule has 8 heteroatoms. The van der Waals surface area contributed by atoms with Crippen molar-refractivity contribution in [1.29, 1.82) is 0 Å². The Hall–Kier alpha value is -2.15. The number of aromatic amines is 1. The van der Waals surface area contributed by atoms with E-state index in [2.05, 4.69) is 25.9 Å². The van der Waals surface area contributed by atoms with Crippen molar-refractivity contribution in [2.45, 2.75) is 26.4 Å². The Balaban J connectivity index is 2.19. The van der Waals surface area contributed by atoms with Crippen LogP contribution in [-0.4, -0.2) is 32.3 Å². The standard InChI is InChI=1S/C12H14ClN5O2/c1-12(2,3)20-11(19)14-9-6-7(4-5-8(9)13)10-15-17-18-16-10/h4-6H,1-3H3,(H,14,19)(H,15,16,17,18). The van der Waals surface area contributed by atoms with Crippen LogP contribution in [0.1, 0.15) is 20.8 Å². The number of carbonyl (C=O) groups excluding carboxylic acids is 1. The molecule has 2 aromatic rings. The van der Waals surface area contributed by atoms with Gasteiger partial charge in [0.25, 0.3) is 0 Å². The van der Waals surface area contributed by atoms with Gasteiger partial charge in [-0.25, -0.2) is 4.79 Å². The maximum absolute atomic E-state index is 11.7. The smallest absolute Gasteiger partial charge is 0.412 e. The van der Waals surface area contributed by atoms with Crippen molar-refractivity contribution < 1.29 is 9.53 Å². The number of hydrogen-bond donors (Lipinski definition) is 2. The van der Waals surface area contributed by atoms with Gasteiger partial charge in [0.2, 0.25) is 5.82 Å². The SMILES string of the molecule is CC(C)(C)OC(=O)Nc1cc(-c2nn[nH]n2)ccc1Cl. The van der Waals surface area contributed by atoms with Crippen LogP contribution in [0.2, 0.25) is 5.02 Å². The van der Waals surface area contributed by atoms with Crippen molar-refractivity contribution in [2.75, 3.05) is 5.32 Å². The summed E-state index contributed by atoms with van der Waals surface area (Å²) >= 11 is 6.04. The molecule has 0 saturated heterocycles. The summed E-state index contributed by atoms with van der Waals surface area (Å²) in [4.78, 5) is 11.7. The second-order valence-corrected chi connectivity index (χ2v) is 5.46. The van der Waals surface area contributed by atoms with Crippen LogP contribution in [0.4, 0.5) is 10.5 Å². The molecule has 0 aliphatic carbocycles. The molecular formula is C12H14ClN5O2. The predicted octanol–water partition coefficient (Wildman–Crippen LogP) is 2.87. The number of H-pyrrole nitrogens is 1. The zero-order valence-electron chi connectivity index (χ0n) is 11.3. The Morgan fingerprint density at radius 3 is 2.75 bits per heavy atom. The monoisotopic (exact) mass is 295 g/mol. The van der Waals surface area contributed by atoms with Gasteiger partial charge < -0.3 is 4.74 Å². The lowest BCUT2D eigenvalue weighted by Gasteiger charge is -2.20. The van der Waals surface area contributed by atoms with Gasteiger partial charge in [-0.15, -0.1) is 10.2 Å². The second-order valence-electron chi connectivity index (χ2n) is 5.06. The summed E-state index contributed by atoms with van der Waals surface area (Å²) in [6.07, 6.45) is -0.579. The van der Waals surface area contributed by atoms with Crippen LogP contribution < -0.4 is 5.32 Å². The number of aromatic nitrogens is 4. The molecule has 0 spiro atoms. The number of amides is 1. The number of anilines is 1. The fraction of sp³-hybridized carbons (Fsp3) is 0.333. The van der Waals surface area contributed by atoms with Gasteiger partial charge in [0.1, 0.15) is 5.60 Å². The van der Waals surface area contributed by atoms with E-state index in [-0.39, 0.29) is 0 Å². The Morgan fingerprint density at radius 2 is 2.15 bits per heavy atom. The van der Waals surface area contributed by atoms with Gasteiger partial charge >= 0.3 is 6.09 Å². The molecule has 0 radical (unpaired) electrons. The fourth-order valence-corrected chi connectivity index (χ4v) is 1.62. The number of nitrogens with zero attached hydrogens (tertiary/aromatic N) is 3. The zero-order chi connectivity index (χ0) is 14.8. The highest BCUT2D eigenvalue weighted by Crippen LogP contribution is 2.27. The number of hydrogen-bond acceptors (Lipinski definition) is 5. The first kappa shape index (κ1) is 14.3. The minimum atomic E-state index is -0.582. The summed E-state index contributed by atoms with van der Waals surface area (Å²) in [5.74, 6) is 0.411. The molecule has 2 N–H and O–H groups in total. The molecule has 0 atom stereocenters. The molecule has 0 aliphatic heterocycles. The van der Waals surface area contributed by atoms with E-state index in [0.717, 1.165) is 0 Å². The lowest BCUT2D eigenvalue weighted by Crippen LogP contribution is -2.27. The lowest BCUT2D eigenvalue weighted by molar-refractivity contribution is 0.0636. The first-order valence-corrected chi connectivity index (χ1v) is 6.26. The van der Waals surface area contributed by atoms with E-state index in [4.69, 9.17) is 16.3 Å². The van der Waals surface area contributed by atoms with Crippen LogP contribution >= 0.6 is 11.6 Å². The van der Waals surface area contributed by atoms with Crippen molar-refractivity contribution in [2.24, 2.45) is 0 Å². The van der Waals surface area contributed by atoms with Crippen molar-refractivity contribution >= 4 is 23.4 Å². The van der Waals surface area contributed by atoms with Gasteiger partial charge in [0, 0.05) is 5.56 Å². The van der Waals surface area contributed by atoms with Crippen LogP contribution in [0.3, 0.4) is 0 Å². The summed E-state index contributed by atoms with van der Waals surface area (Å²) in [5.41, 5.74) is 0.513. The number of carbonyl (C=O) groups is 1. The highest BCUT2D eigenvalue weighted by Gasteiger charge is 2.17. The number of ether oxygens (including phenoxy) is 1. The van der Waals surface area contributed by atoms with Gasteiger partial charge in [-0.2, -0.15) is 5.21 Å². The van der Waals surface area contributed by atoms with E-state index in [9.17, 15) is 4.79 Å². The molecule has 7 nitrogen and oxygen atoms in total. The maximum Gasteiger partial charge on any atom is 0.412 e. The van der Waals surface area contributed by atoms with Crippen molar-refractivity contribution in [3.8, 4) is 11.4 Å². The normalized spacial score (nSPS) is 11.2. The summed E-state index contributed by atoms with van der Waals surface area (Å²) < 4.78 is 5.17. The van der Waals surface area contributed by atoms with Gasteiger partial charge in [0.05, 0.1) is 10.7 Å². The second kappa shape index (κ2) is 5.46. The van der Waals surface area contributed by atoms with E-state index >= 15 is 0 Å². The highest BCUT2D eigenvalue weighted by atomic mass is 35.5. The Labute approximate surface area is 120 Å². The number of tetrazole rings is 1. The van der Waals surface area contributed by atoms with Crippen LogP contribution in [0.5, 0.6) is 0 Å². The van der Waals surface area contributed by atoms with Crippen LogP contribution in [-0.2, 0) is 4.74 Å². The molecule has 1 amide bonds. The number of benzene rings is 1. The minimum Gasteiger partial charge on any atom is -0.444 e. The Kier molecular flexibility index (Phi) is 3.89. The Bertz CT molecular complexity index is 607. The van der Waals surface area contributed by atoms with Crippen molar-refractivity contribution in [1.82, 2.24) is 20.6 Å². The molecule has 1 heterocycles. The molecule has 0 aliphatic rings. The topological polar surface area (TPSA) is 92.8 Å². The van der Waals surface area contributed by atoms with E-state index in [0.29, 0.717) is 22.1 Å². The van der Waals surface area contributed by atoms with Gasteiger partial charge in [-0.1, -0.05) is 11.6 Å². The average molecular weight is 296 g/mol. The quantitative estimate of drug-likeness (QED) is 0.888. The summed E-state index contributed by atoms with van der Waals surface area (Å²) in [7, 11) is 0. The molecule has 2 rings (SSSR count). The van der Waals surface area contributed by atoms with Gasteiger partial charge in [-0.05, 0) is 44.2 Å². The third kappa shape index (κ3) is 3.67. The summed E-state index contributed by atoms with van der Waals surface area (Å²) in [6.45, 7) is 5.35. The molecule has 106 valence electrons. The first-order valence-electron chi connectivity index (χ1n) is 5.88. The molecule has 0 bridgehead atoms. The van der Waals surface area contributed by atoms with E-state index in [1.165, 1.54) is 0 Å². The third-order valence-electron chi connectivity index (χ3n) is 2.21. The Morgan fingerprint density at radius 1 is 1.40 bits per heavy atom. The van der Waals surface area contributed by atoms with E-state index in [1.807, 2.05) is 0 Å². The summed E-state index contributed by atoms with van der Waals surface area (Å²) in [6, 6.07) is 5.02. The average Bonchev–Trinajstić information content (AvgIpc) is 2.83. The van der Waals surface area contributed by atoms with Crippen molar-refractivity contribution in [3.63, 3.8) is 0 Å². The van der Waals surface area contributed by atoms with Crippen LogP contribution in [0.15, 0.2) is 18.2 Å². The minimum absolute atomic E-state index is 0.392. The number of halogens is 1. The maximum atomic E-state index is 11.7. The van der Waals surface area contributed by atoms with Gasteiger partial charge in [0.15, 0.2) is 0 Å². The van der Waals surface area contributed by atoms with Crippen LogP contribution in [0.25, 0.3) is 11.4 Å².